The van der Waals surface area contributed by atoms with Gasteiger partial charge in [-0.3, -0.25) is 14.4 Å². The molecule has 194 valence electrons. The summed E-state index contributed by atoms with van der Waals surface area (Å²) < 4.78 is 39.1. The zero-order valence-electron chi connectivity index (χ0n) is 18.9. The molecule has 4 N–H and O–H groups in total. The number of nitrogens with zero attached hydrogens (tertiary/aromatic N) is 4. The van der Waals surface area contributed by atoms with Crippen LogP contribution >= 0.6 is 22.9 Å². The zero-order chi connectivity index (χ0) is 26.7. The van der Waals surface area contributed by atoms with Crippen LogP contribution in [0.3, 0.4) is 0 Å². The van der Waals surface area contributed by atoms with Crippen LogP contribution in [-0.4, -0.2) is 56.8 Å². The molecule has 0 aliphatic carbocycles. The van der Waals surface area contributed by atoms with Gasteiger partial charge in [-0.05, 0) is 13.0 Å². The Morgan fingerprint density at radius 1 is 1.05 bits per heavy atom. The van der Waals surface area contributed by atoms with Crippen molar-refractivity contribution in [3.63, 3.8) is 0 Å². The molecule has 4 heterocycles. The van der Waals surface area contributed by atoms with Crippen molar-refractivity contribution in [3.05, 3.63) is 62.7 Å². The number of aromatic nitrogens is 4. The third-order valence-corrected chi connectivity index (χ3v) is 6.60. The van der Waals surface area contributed by atoms with Crippen molar-refractivity contribution in [1.82, 2.24) is 35.9 Å². The number of anilines is 1. The first-order chi connectivity index (χ1) is 17.5. The Kier molecular flexibility index (Phi) is 7.65. The Bertz CT molecular complexity index is 1350. The summed E-state index contributed by atoms with van der Waals surface area (Å²) in [6.45, 7) is 2.92. The highest BCUT2D eigenvalue weighted by Gasteiger charge is 2.34. The van der Waals surface area contributed by atoms with Crippen LogP contribution in [-0.2, 0) is 6.18 Å². The molecule has 1 aliphatic rings. The lowest BCUT2D eigenvalue weighted by atomic mass is 10.1. The molecule has 0 saturated carbocycles. The summed E-state index contributed by atoms with van der Waals surface area (Å²) in [5.74, 6) is -2.10. The van der Waals surface area contributed by atoms with E-state index in [1.165, 1.54) is 12.3 Å². The summed E-state index contributed by atoms with van der Waals surface area (Å²) in [5, 5.41) is 10.5. The molecule has 1 fully saturated rings. The normalized spacial score (nSPS) is 14.4. The molecule has 1 aliphatic heterocycles. The van der Waals surface area contributed by atoms with Crippen LogP contribution in [0.5, 0.6) is 0 Å². The Morgan fingerprint density at radius 3 is 2.41 bits per heavy atom. The van der Waals surface area contributed by atoms with Gasteiger partial charge in [0.2, 0.25) is 0 Å². The molecular weight excluding hydrogens is 537 g/mol. The summed E-state index contributed by atoms with van der Waals surface area (Å²) >= 11 is 6.47. The lowest BCUT2D eigenvalue weighted by Gasteiger charge is -2.27. The highest BCUT2D eigenvalue weighted by molar-refractivity contribution is 7.13. The molecule has 0 unspecified atom stereocenters. The number of pyridine rings is 1. The van der Waals surface area contributed by atoms with Crippen molar-refractivity contribution in [1.29, 1.82) is 0 Å². The first-order valence-electron chi connectivity index (χ1n) is 10.7. The fourth-order valence-corrected chi connectivity index (χ4v) is 4.11. The second kappa shape index (κ2) is 10.7. The molecule has 3 amide bonds. The number of carbonyl (C=O) groups excluding carboxylic acids is 3. The van der Waals surface area contributed by atoms with Crippen molar-refractivity contribution in [2.24, 2.45) is 0 Å². The highest BCUT2D eigenvalue weighted by atomic mass is 35.5. The van der Waals surface area contributed by atoms with E-state index >= 15 is 0 Å². The lowest BCUT2D eigenvalue weighted by Crippen LogP contribution is -2.57. The second-order valence-electron chi connectivity index (χ2n) is 7.88. The maximum atomic E-state index is 13.0. The minimum absolute atomic E-state index is 0.00164. The Balaban J connectivity index is 1.38. The van der Waals surface area contributed by atoms with Gasteiger partial charge >= 0.3 is 6.18 Å². The first kappa shape index (κ1) is 26.4. The Morgan fingerprint density at radius 2 is 1.76 bits per heavy atom. The zero-order valence-corrected chi connectivity index (χ0v) is 20.5. The molecule has 0 aromatic carbocycles. The summed E-state index contributed by atoms with van der Waals surface area (Å²) in [5.41, 5.74) is -1.13. The molecule has 37 heavy (non-hydrogen) atoms. The van der Waals surface area contributed by atoms with Gasteiger partial charge in [0.25, 0.3) is 17.7 Å². The van der Waals surface area contributed by atoms with Crippen molar-refractivity contribution >= 4 is 46.5 Å². The van der Waals surface area contributed by atoms with Crippen LogP contribution in [0, 0.1) is 0 Å². The fourth-order valence-electron chi connectivity index (χ4n) is 3.08. The molecule has 16 heteroatoms. The molecule has 11 nitrogen and oxygen atoms in total. The van der Waals surface area contributed by atoms with E-state index in [1.807, 2.05) is 0 Å². The van der Waals surface area contributed by atoms with Crippen molar-refractivity contribution in [2.45, 2.75) is 25.2 Å². The summed E-state index contributed by atoms with van der Waals surface area (Å²) in [6.07, 6.45) is -1.59. The Labute approximate surface area is 216 Å². The first-order valence-corrected chi connectivity index (χ1v) is 11.8. The SMILES string of the molecule is C[C@@H](NC(=O)c1cc(C(=O)NC2CNC2)ncn1)c1ncc(C(=O)Nc2cc(C(F)(F)F)c(Cl)cn2)s1. The summed E-state index contributed by atoms with van der Waals surface area (Å²) in [7, 11) is 0. The van der Waals surface area contributed by atoms with E-state index in [2.05, 4.69) is 41.2 Å². The maximum absolute atomic E-state index is 13.0. The van der Waals surface area contributed by atoms with Crippen LogP contribution in [0.1, 0.15) is 54.2 Å². The van der Waals surface area contributed by atoms with Gasteiger partial charge in [-0.1, -0.05) is 11.6 Å². The molecule has 1 saturated heterocycles. The highest BCUT2D eigenvalue weighted by Crippen LogP contribution is 2.35. The van der Waals surface area contributed by atoms with Crippen LogP contribution < -0.4 is 21.3 Å². The van der Waals surface area contributed by atoms with E-state index in [1.54, 1.807) is 6.92 Å². The topological polar surface area (TPSA) is 151 Å². The number of hydrogen-bond donors (Lipinski definition) is 4. The molecule has 0 bridgehead atoms. The predicted molar refractivity (Wildman–Crippen MR) is 126 cm³/mol. The second-order valence-corrected chi connectivity index (χ2v) is 9.35. The van der Waals surface area contributed by atoms with E-state index in [0.29, 0.717) is 24.2 Å². The number of rotatable bonds is 7. The van der Waals surface area contributed by atoms with Gasteiger partial charge < -0.3 is 21.3 Å². The Hall–Kier alpha value is -3.69. The standard InChI is InChI=1S/C21H18ClF3N8O3S/c1-9(31-17(34)13-3-14(30-8-29-13)18(35)32-10-4-26-5-10)20-28-7-15(37-20)19(36)33-16-2-11(21(23,24)25)12(22)6-27-16/h2-3,6-10,26H,4-5H2,1H3,(H,31,34)(H,32,35)(H,27,33,36)/t9-/m1/s1. The minimum atomic E-state index is -4.72. The van der Waals surface area contributed by atoms with Crippen molar-refractivity contribution in [2.75, 3.05) is 18.4 Å². The minimum Gasteiger partial charge on any atom is -0.345 e. The molecule has 4 rings (SSSR count). The average Bonchev–Trinajstić information content (AvgIpc) is 3.32. The molecular formula is C21H18ClF3N8O3S. The number of halogens is 4. The molecule has 1 atom stereocenters. The van der Waals surface area contributed by atoms with Gasteiger partial charge in [0.15, 0.2) is 0 Å². The predicted octanol–water partition coefficient (Wildman–Crippen LogP) is 2.45. The number of nitrogens with one attached hydrogen (secondary N) is 4. The molecule has 3 aromatic rings. The number of amides is 3. The van der Waals surface area contributed by atoms with Crippen molar-refractivity contribution < 1.29 is 27.6 Å². The van der Waals surface area contributed by atoms with Crippen LogP contribution in [0.15, 0.2) is 30.9 Å². The van der Waals surface area contributed by atoms with E-state index in [9.17, 15) is 27.6 Å². The van der Waals surface area contributed by atoms with Gasteiger partial charge in [-0.25, -0.2) is 19.9 Å². The summed E-state index contributed by atoms with van der Waals surface area (Å²) in [4.78, 5) is 53.1. The van der Waals surface area contributed by atoms with E-state index < -0.39 is 40.5 Å². The number of carbonyl (C=O) groups is 3. The smallest absolute Gasteiger partial charge is 0.345 e. The molecule has 0 spiro atoms. The largest absolute Gasteiger partial charge is 0.418 e. The molecule has 3 aromatic heterocycles. The quantitative estimate of drug-likeness (QED) is 0.348. The third-order valence-electron chi connectivity index (χ3n) is 5.12. The van der Waals surface area contributed by atoms with Gasteiger partial charge in [-0.15, -0.1) is 11.3 Å². The average molecular weight is 555 g/mol. The number of alkyl halides is 3. The van der Waals surface area contributed by atoms with Crippen molar-refractivity contribution in [3.8, 4) is 0 Å². The summed E-state index contributed by atoms with van der Waals surface area (Å²) in [6, 6.07) is 1.24. The van der Waals surface area contributed by atoms with Gasteiger partial charge in [0.1, 0.15) is 33.4 Å². The van der Waals surface area contributed by atoms with Crippen LogP contribution in [0.2, 0.25) is 5.02 Å². The van der Waals surface area contributed by atoms with Gasteiger partial charge in [0, 0.05) is 25.4 Å². The van der Waals surface area contributed by atoms with E-state index in [-0.39, 0.29) is 28.1 Å². The monoisotopic (exact) mass is 554 g/mol. The van der Waals surface area contributed by atoms with E-state index in [4.69, 9.17) is 11.6 Å². The van der Waals surface area contributed by atoms with Gasteiger partial charge in [0.05, 0.1) is 28.9 Å². The maximum Gasteiger partial charge on any atom is 0.418 e. The molecule has 0 radical (unpaired) electrons. The van der Waals surface area contributed by atoms with Crippen LogP contribution in [0.25, 0.3) is 0 Å². The van der Waals surface area contributed by atoms with E-state index in [0.717, 1.165) is 23.9 Å². The lowest BCUT2D eigenvalue weighted by molar-refractivity contribution is -0.137. The van der Waals surface area contributed by atoms with Crippen LogP contribution in [0.4, 0.5) is 19.0 Å². The fraction of sp³-hybridized carbons (Fsp3) is 0.286. The number of thiazole rings is 1. The third kappa shape index (κ3) is 6.36. The van der Waals surface area contributed by atoms with Gasteiger partial charge in [-0.2, -0.15) is 13.2 Å². The number of hydrogen-bond acceptors (Lipinski definition) is 9.